The second-order valence-electron chi connectivity index (χ2n) is 2.10. The Balaban J connectivity index is 2.76. The largest absolute Gasteiger partial charge is 0.271 e. The van der Waals surface area contributed by atoms with E-state index in [1.165, 1.54) is 0 Å². The van der Waals surface area contributed by atoms with Gasteiger partial charge in [0.1, 0.15) is 6.33 Å². The zero-order valence-electron chi connectivity index (χ0n) is 6.06. The first-order chi connectivity index (χ1) is 5.42. The zero-order valence-corrected chi connectivity index (χ0v) is 6.88. The highest BCUT2D eigenvalue weighted by atomic mass is 32.2. The van der Waals surface area contributed by atoms with Crippen LogP contribution in [0.5, 0.6) is 0 Å². The summed E-state index contributed by atoms with van der Waals surface area (Å²) in [4.78, 5) is 8.23. The van der Waals surface area contributed by atoms with Crippen molar-refractivity contribution in [2.45, 2.75) is 0 Å². The summed E-state index contributed by atoms with van der Waals surface area (Å²) in [6.07, 6.45) is 5.54. The van der Waals surface area contributed by atoms with Crippen LogP contribution in [0.4, 0.5) is 0 Å². The first-order valence-electron chi connectivity index (χ1n) is 3.24. The molecule has 0 spiro atoms. The predicted octanol–water partition coefficient (Wildman–Crippen LogP) is 1.56. The number of hydrogen-bond donors (Lipinski definition) is 0. The fourth-order valence-electron chi connectivity index (χ4n) is 0.975. The summed E-state index contributed by atoms with van der Waals surface area (Å²) < 4.78 is 1.99. The lowest BCUT2D eigenvalue weighted by Gasteiger charge is -1.94. The van der Waals surface area contributed by atoms with Crippen LogP contribution in [0.15, 0.2) is 24.7 Å². The monoisotopic (exact) mass is 165 g/mol. The van der Waals surface area contributed by atoms with Crippen LogP contribution in [-0.4, -0.2) is 20.2 Å². The van der Waals surface area contributed by atoms with Gasteiger partial charge in [-0.25, -0.2) is 9.97 Å². The van der Waals surface area contributed by atoms with Gasteiger partial charge in [-0.3, -0.25) is 3.97 Å². The predicted molar refractivity (Wildman–Crippen MR) is 46.4 cm³/mol. The van der Waals surface area contributed by atoms with E-state index >= 15 is 0 Å². The summed E-state index contributed by atoms with van der Waals surface area (Å²) in [5, 5.41) is 0. The average molecular weight is 165 g/mol. The first-order valence-corrected chi connectivity index (χ1v) is 4.42. The van der Waals surface area contributed by atoms with Crippen LogP contribution in [-0.2, 0) is 0 Å². The van der Waals surface area contributed by atoms with Crippen molar-refractivity contribution in [3.05, 3.63) is 24.7 Å². The molecule has 2 rings (SSSR count). The molecule has 56 valence electrons. The number of fused-ring (bicyclic) bond motifs is 1. The molecule has 0 bridgehead atoms. The minimum absolute atomic E-state index is 0.807. The molecule has 0 N–H and O–H groups in total. The molecule has 0 atom stereocenters. The van der Waals surface area contributed by atoms with Crippen LogP contribution < -0.4 is 0 Å². The molecular weight excluding hydrogens is 158 g/mol. The van der Waals surface area contributed by atoms with Gasteiger partial charge in [0.2, 0.25) is 0 Å². The van der Waals surface area contributed by atoms with E-state index in [9.17, 15) is 0 Å². The molecule has 0 aliphatic rings. The molecule has 0 saturated heterocycles. The molecule has 11 heavy (non-hydrogen) atoms. The van der Waals surface area contributed by atoms with Gasteiger partial charge in [-0.05, 0) is 24.1 Å². The molecule has 2 heterocycles. The molecule has 2 aromatic rings. The van der Waals surface area contributed by atoms with Gasteiger partial charge in [0, 0.05) is 12.5 Å². The van der Waals surface area contributed by atoms with Gasteiger partial charge in [0.25, 0.3) is 0 Å². The molecule has 4 heteroatoms. The molecule has 0 fully saturated rings. The summed E-state index contributed by atoms with van der Waals surface area (Å²) in [6, 6.07) is 3.92. The SMILES string of the molecule is CSn1cnc2ncccc21. The third-order valence-corrected chi connectivity index (χ3v) is 2.17. The Labute approximate surface area is 68.6 Å². The van der Waals surface area contributed by atoms with E-state index in [0.29, 0.717) is 0 Å². The van der Waals surface area contributed by atoms with Gasteiger partial charge >= 0.3 is 0 Å². The summed E-state index contributed by atoms with van der Waals surface area (Å²) in [7, 11) is 0. The van der Waals surface area contributed by atoms with Gasteiger partial charge in [-0.1, -0.05) is 0 Å². The van der Waals surface area contributed by atoms with Crippen molar-refractivity contribution in [3.8, 4) is 0 Å². The maximum Gasteiger partial charge on any atom is 0.178 e. The highest BCUT2D eigenvalue weighted by Gasteiger charge is 1.99. The standard InChI is InChI=1S/C7H7N3S/c1-11-10-5-9-7-6(10)3-2-4-8-7/h2-5H,1H3. The van der Waals surface area contributed by atoms with E-state index < -0.39 is 0 Å². The lowest BCUT2D eigenvalue weighted by Crippen LogP contribution is -1.80. The molecule has 0 radical (unpaired) electrons. The smallest absolute Gasteiger partial charge is 0.178 e. The minimum Gasteiger partial charge on any atom is -0.271 e. The number of aromatic nitrogens is 3. The normalized spacial score (nSPS) is 10.6. The van der Waals surface area contributed by atoms with Crippen LogP contribution in [0, 0.1) is 0 Å². The molecule has 0 aromatic carbocycles. The maximum absolute atomic E-state index is 4.12. The Morgan fingerprint density at radius 3 is 3.18 bits per heavy atom. The zero-order chi connectivity index (χ0) is 7.68. The molecule has 0 unspecified atom stereocenters. The van der Waals surface area contributed by atoms with Gasteiger partial charge < -0.3 is 0 Å². The lowest BCUT2D eigenvalue weighted by atomic mass is 10.4. The second-order valence-corrected chi connectivity index (χ2v) is 2.86. The Morgan fingerprint density at radius 2 is 2.36 bits per heavy atom. The topological polar surface area (TPSA) is 30.7 Å². The Bertz CT molecular complexity index is 368. The van der Waals surface area contributed by atoms with E-state index in [0.717, 1.165) is 11.2 Å². The average Bonchev–Trinajstić information content (AvgIpc) is 2.47. The van der Waals surface area contributed by atoms with Crippen LogP contribution in [0.2, 0.25) is 0 Å². The van der Waals surface area contributed by atoms with Crippen molar-refractivity contribution in [2.24, 2.45) is 0 Å². The van der Waals surface area contributed by atoms with Gasteiger partial charge in [-0.15, -0.1) is 0 Å². The van der Waals surface area contributed by atoms with Crippen LogP contribution >= 0.6 is 11.9 Å². The van der Waals surface area contributed by atoms with Crippen LogP contribution in [0.1, 0.15) is 0 Å². The number of rotatable bonds is 1. The van der Waals surface area contributed by atoms with E-state index in [4.69, 9.17) is 0 Å². The first kappa shape index (κ1) is 6.67. The van der Waals surface area contributed by atoms with Gasteiger partial charge in [0.05, 0.1) is 5.52 Å². The van der Waals surface area contributed by atoms with E-state index in [2.05, 4.69) is 9.97 Å². The Kier molecular flexibility index (Phi) is 1.54. The van der Waals surface area contributed by atoms with Crippen molar-refractivity contribution >= 4 is 23.1 Å². The lowest BCUT2D eigenvalue weighted by molar-refractivity contribution is 1.26. The van der Waals surface area contributed by atoms with Gasteiger partial charge in [0.15, 0.2) is 5.65 Å². The highest BCUT2D eigenvalue weighted by molar-refractivity contribution is 7.97. The fourth-order valence-corrected chi connectivity index (χ4v) is 1.46. The number of pyridine rings is 1. The van der Waals surface area contributed by atoms with Crippen molar-refractivity contribution in [1.82, 2.24) is 13.9 Å². The molecule has 3 nitrogen and oxygen atoms in total. The summed E-state index contributed by atoms with van der Waals surface area (Å²) in [6.45, 7) is 0. The summed E-state index contributed by atoms with van der Waals surface area (Å²) in [5.41, 5.74) is 1.88. The highest BCUT2D eigenvalue weighted by Crippen LogP contribution is 2.13. The fraction of sp³-hybridized carbons (Fsp3) is 0.143. The Hall–Kier alpha value is -1.03. The maximum atomic E-state index is 4.12. The third-order valence-electron chi connectivity index (χ3n) is 1.49. The third kappa shape index (κ3) is 0.991. The number of nitrogens with zero attached hydrogens (tertiary/aromatic N) is 3. The number of hydrogen-bond acceptors (Lipinski definition) is 3. The molecule has 0 aliphatic heterocycles. The summed E-state index contributed by atoms with van der Waals surface area (Å²) >= 11 is 1.62. The second kappa shape index (κ2) is 2.54. The van der Waals surface area contributed by atoms with Crippen molar-refractivity contribution in [3.63, 3.8) is 0 Å². The van der Waals surface area contributed by atoms with E-state index in [1.807, 2.05) is 22.4 Å². The molecular formula is C7H7N3S. The molecule has 0 saturated carbocycles. The van der Waals surface area contributed by atoms with E-state index in [-0.39, 0.29) is 0 Å². The van der Waals surface area contributed by atoms with Gasteiger partial charge in [-0.2, -0.15) is 0 Å². The number of imidazole rings is 1. The quantitative estimate of drug-likeness (QED) is 0.642. The van der Waals surface area contributed by atoms with Crippen LogP contribution in [0.3, 0.4) is 0 Å². The molecule has 0 aliphatic carbocycles. The minimum atomic E-state index is 0.807. The van der Waals surface area contributed by atoms with E-state index in [1.54, 1.807) is 24.5 Å². The molecule has 2 aromatic heterocycles. The van der Waals surface area contributed by atoms with Crippen LogP contribution in [0.25, 0.3) is 11.2 Å². The van der Waals surface area contributed by atoms with Crippen molar-refractivity contribution in [2.75, 3.05) is 6.26 Å². The Morgan fingerprint density at radius 1 is 1.45 bits per heavy atom. The van der Waals surface area contributed by atoms with Crippen molar-refractivity contribution in [1.29, 1.82) is 0 Å². The summed E-state index contributed by atoms with van der Waals surface area (Å²) in [5.74, 6) is 0. The van der Waals surface area contributed by atoms with Crippen molar-refractivity contribution < 1.29 is 0 Å². The molecule has 0 amide bonds.